The Bertz CT molecular complexity index is 633. The van der Waals surface area contributed by atoms with Crippen molar-refractivity contribution in [1.82, 2.24) is 16.0 Å². The summed E-state index contributed by atoms with van der Waals surface area (Å²) in [5.41, 5.74) is 0.802. The van der Waals surface area contributed by atoms with E-state index in [1.165, 1.54) is 0 Å². The van der Waals surface area contributed by atoms with Crippen molar-refractivity contribution < 1.29 is 29.0 Å². The molecule has 0 saturated carbocycles. The average molecular weight is 364 g/mol. The molecule has 0 heterocycles. The number of carbonyl (C=O) groups is 4. The molecule has 0 aliphatic carbocycles. The van der Waals surface area contributed by atoms with Crippen LogP contribution in [0.5, 0.6) is 0 Å². The Hall–Kier alpha value is -3.10. The molecule has 0 unspecified atom stereocenters. The summed E-state index contributed by atoms with van der Waals surface area (Å²) in [7, 11) is 0. The maximum atomic E-state index is 11.6. The second kappa shape index (κ2) is 10.7. The van der Waals surface area contributed by atoms with Gasteiger partial charge < -0.3 is 30.6 Å². The van der Waals surface area contributed by atoms with E-state index >= 15 is 0 Å². The van der Waals surface area contributed by atoms with Crippen LogP contribution in [0.1, 0.15) is 19.4 Å². The lowest BCUT2D eigenvalue weighted by Crippen LogP contribution is -2.53. The lowest BCUT2D eigenvalue weighted by atomic mass is 10.1. The van der Waals surface area contributed by atoms with E-state index in [0.717, 1.165) is 5.56 Å². The molecule has 9 nitrogen and oxygen atoms in total. The molecule has 0 saturated heterocycles. The molecular formula is C17H22N3O6-. The first-order chi connectivity index (χ1) is 12.3. The number of nitrogens with one attached hydrogen (secondary N) is 3. The first-order valence-electron chi connectivity index (χ1n) is 8.01. The average Bonchev–Trinajstić information content (AvgIpc) is 2.61. The summed E-state index contributed by atoms with van der Waals surface area (Å²) in [6.45, 7) is 2.50. The van der Waals surface area contributed by atoms with E-state index in [9.17, 15) is 24.3 Å². The summed E-state index contributed by atoms with van der Waals surface area (Å²) in [4.78, 5) is 45.6. The fourth-order valence-corrected chi connectivity index (χ4v) is 1.89. The van der Waals surface area contributed by atoms with Crippen LogP contribution in [0.15, 0.2) is 30.3 Å². The van der Waals surface area contributed by atoms with E-state index in [0.29, 0.717) is 0 Å². The highest BCUT2D eigenvalue weighted by Crippen LogP contribution is 2.00. The molecule has 0 aliphatic heterocycles. The highest BCUT2D eigenvalue weighted by molar-refractivity contribution is 5.89. The molecule has 1 atom stereocenters. The van der Waals surface area contributed by atoms with Gasteiger partial charge >= 0.3 is 6.09 Å². The third-order valence-corrected chi connectivity index (χ3v) is 3.29. The highest BCUT2D eigenvalue weighted by atomic mass is 16.5. The predicted octanol–water partition coefficient (Wildman–Crippen LogP) is -1.08. The van der Waals surface area contributed by atoms with Crippen LogP contribution >= 0.6 is 0 Å². The van der Waals surface area contributed by atoms with Gasteiger partial charge in [-0.05, 0) is 11.5 Å². The maximum absolute atomic E-state index is 11.6. The monoisotopic (exact) mass is 364 g/mol. The molecule has 142 valence electrons. The smallest absolute Gasteiger partial charge is 0.407 e. The zero-order valence-corrected chi connectivity index (χ0v) is 14.6. The molecule has 3 amide bonds. The van der Waals surface area contributed by atoms with Crippen molar-refractivity contribution >= 4 is 23.9 Å². The molecule has 3 N–H and O–H groups in total. The molecule has 0 aliphatic rings. The highest BCUT2D eigenvalue weighted by Gasteiger charge is 2.17. The van der Waals surface area contributed by atoms with Crippen LogP contribution in [0, 0.1) is 5.92 Å². The van der Waals surface area contributed by atoms with Crippen LogP contribution in [0.2, 0.25) is 0 Å². The van der Waals surface area contributed by atoms with Crippen LogP contribution in [0.25, 0.3) is 0 Å². The summed E-state index contributed by atoms with van der Waals surface area (Å²) in [6, 6.07) is 7.87. The van der Waals surface area contributed by atoms with E-state index in [-0.39, 0.29) is 19.1 Å². The van der Waals surface area contributed by atoms with Crippen LogP contribution in [0.4, 0.5) is 4.79 Å². The van der Waals surface area contributed by atoms with Gasteiger partial charge in [-0.3, -0.25) is 9.59 Å². The number of rotatable bonds is 9. The van der Waals surface area contributed by atoms with Gasteiger partial charge in [-0.2, -0.15) is 0 Å². The zero-order valence-electron chi connectivity index (χ0n) is 14.6. The summed E-state index contributed by atoms with van der Waals surface area (Å²) >= 11 is 0. The maximum Gasteiger partial charge on any atom is 0.407 e. The van der Waals surface area contributed by atoms with Crippen LogP contribution in [-0.4, -0.2) is 43.0 Å². The Kier molecular flexibility index (Phi) is 8.62. The minimum absolute atomic E-state index is 0.0660. The van der Waals surface area contributed by atoms with E-state index in [1.54, 1.807) is 38.1 Å². The molecule has 1 aromatic carbocycles. The molecular weight excluding hydrogens is 342 g/mol. The standard InChI is InChI=1S/C17H23N3O6/c1-11(2)15(16(23)24)20-14(22)9-18-13(21)8-19-17(25)26-10-12-6-4-3-5-7-12/h3-7,11,15H,8-10H2,1-2H3,(H,18,21)(H,19,25)(H,20,22)(H,23,24)/p-1/t15-/m0/s1. The summed E-state index contributed by atoms with van der Waals surface area (Å²) in [5.74, 6) is -3.05. The minimum Gasteiger partial charge on any atom is -0.548 e. The van der Waals surface area contributed by atoms with E-state index in [2.05, 4.69) is 16.0 Å². The van der Waals surface area contributed by atoms with Gasteiger partial charge in [0.2, 0.25) is 11.8 Å². The largest absolute Gasteiger partial charge is 0.548 e. The van der Waals surface area contributed by atoms with Crippen LogP contribution in [0.3, 0.4) is 0 Å². The lowest BCUT2D eigenvalue weighted by molar-refractivity contribution is -0.309. The first-order valence-corrected chi connectivity index (χ1v) is 8.01. The minimum atomic E-state index is -1.40. The quantitative estimate of drug-likeness (QED) is 0.510. The Morgan fingerprint density at radius 2 is 1.62 bits per heavy atom. The number of carbonyl (C=O) groups excluding carboxylic acids is 4. The Morgan fingerprint density at radius 1 is 1.00 bits per heavy atom. The number of ether oxygens (including phenoxy) is 1. The first kappa shape index (κ1) is 20.9. The lowest BCUT2D eigenvalue weighted by Gasteiger charge is -2.23. The van der Waals surface area contributed by atoms with Crippen molar-refractivity contribution in [2.45, 2.75) is 26.5 Å². The number of hydrogen-bond donors (Lipinski definition) is 3. The normalized spacial score (nSPS) is 11.3. The van der Waals surface area contributed by atoms with E-state index in [1.807, 2.05) is 6.07 Å². The van der Waals surface area contributed by atoms with Gasteiger partial charge in [0, 0.05) is 0 Å². The fourth-order valence-electron chi connectivity index (χ4n) is 1.89. The predicted molar refractivity (Wildman–Crippen MR) is 89.4 cm³/mol. The second-order valence-electron chi connectivity index (χ2n) is 5.80. The summed E-state index contributed by atoms with van der Waals surface area (Å²) in [6.07, 6.45) is -0.773. The molecule has 0 aromatic heterocycles. The summed E-state index contributed by atoms with van der Waals surface area (Å²) in [5, 5.41) is 17.6. The third kappa shape index (κ3) is 8.13. The molecule has 0 fully saturated rings. The summed E-state index contributed by atoms with van der Waals surface area (Å²) < 4.78 is 4.93. The fraction of sp³-hybridized carbons (Fsp3) is 0.412. The van der Waals surface area contributed by atoms with Crippen LogP contribution < -0.4 is 21.1 Å². The van der Waals surface area contributed by atoms with Crippen molar-refractivity contribution in [3.05, 3.63) is 35.9 Å². The molecule has 1 aromatic rings. The number of benzene rings is 1. The van der Waals surface area contributed by atoms with Crippen LogP contribution in [-0.2, 0) is 25.7 Å². The van der Waals surface area contributed by atoms with Crippen molar-refractivity contribution in [3.8, 4) is 0 Å². The number of aliphatic carboxylic acids is 1. The van der Waals surface area contributed by atoms with E-state index in [4.69, 9.17) is 4.74 Å². The van der Waals surface area contributed by atoms with Gasteiger partial charge in [0.15, 0.2) is 0 Å². The molecule has 26 heavy (non-hydrogen) atoms. The Balaban J connectivity index is 2.24. The van der Waals surface area contributed by atoms with Crippen molar-refractivity contribution in [2.24, 2.45) is 5.92 Å². The zero-order chi connectivity index (χ0) is 19.5. The number of carboxylic acid groups (broad SMARTS) is 1. The topological polar surface area (TPSA) is 137 Å². The molecule has 0 bridgehead atoms. The molecule has 1 rings (SSSR count). The number of hydrogen-bond acceptors (Lipinski definition) is 6. The van der Waals surface area contributed by atoms with Gasteiger partial charge in [0.05, 0.1) is 18.6 Å². The van der Waals surface area contributed by atoms with Gasteiger partial charge in [-0.15, -0.1) is 0 Å². The number of carboxylic acids is 1. The molecule has 0 spiro atoms. The molecule has 9 heteroatoms. The Labute approximate surface area is 151 Å². The second-order valence-corrected chi connectivity index (χ2v) is 5.80. The van der Waals surface area contributed by atoms with Gasteiger partial charge in [-0.25, -0.2) is 4.79 Å². The third-order valence-electron chi connectivity index (χ3n) is 3.29. The Morgan fingerprint density at radius 3 is 2.19 bits per heavy atom. The number of alkyl carbamates (subject to hydrolysis) is 1. The van der Waals surface area contributed by atoms with Crippen molar-refractivity contribution in [3.63, 3.8) is 0 Å². The number of amides is 3. The van der Waals surface area contributed by atoms with Gasteiger partial charge in [0.25, 0.3) is 0 Å². The SMILES string of the molecule is CC(C)[C@H](NC(=O)CNC(=O)CNC(=O)OCc1ccccc1)C(=O)[O-]. The van der Waals surface area contributed by atoms with E-state index < -0.39 is 36.5 Å². The van der Waals surface area contributed by atoms with Gasteiger partial charge in [-0.1, -0.05) is 44.2 Å². The molecule has 0 radical (unpaired) electrons. The van der Waals surface area contributed by atoms with Crippen molar-refractivity contribution in [2.75, 3.05) is 13.1 Å². The van der Waals surface area contributed by atoms with Crippen molar-refractivity contribution in [1.29, 1.82) is 0 Å². The van der Waals surface area contributed by atoms with Gasteiger partial charge in [0.1, 0.15) is 13.2 Å².